The molecule has 0 amide bonds. The van der Waals surface area contributed by atoms with Crippen molar-refractivity contribution in [1.29, 1.82) is 0 Å². The lowest BCUT2D eigenvalue weighted by atomic mass is 10.2. The Bertz CT molecular complexity index is 488. The van der Waals surface area contributed by atoms with Gasteiger partial charge in [-0.1, -0.05) is 18.2 Å². The maximum absolute atomic E-state index is 12.0. The van der Waals surface area contributed by atoms with Gasteiger partial charge in [-0.25, -0.2) is 8.42 Å². The van der Waals surface area contributed by atoms with Gasteiger partial charge in [0, 0.05) is 0 Å². The molecule has 0 saturated carbocycles. The average Bonchev–Trinajstić information content (AvgIpc) is 2.17. The Morgan fingerprint density at radius 3 is 1.81 bits per heavy atom. The van der Waals surface area contributed by atoms with Crippen LogP contribution >= 0.6 is 0 Å². The van der Waals surface area contributed by atoms with E-state index in [2.05, 4.69) is 0 Å². The van der Waals surface area contributed by atoms with E-state index in [0.29, 0.717) is 0 Å². The van der Waals surface area contributed by atoms with Crippen molar-refractivity contribution in [2.75, 3.05) is 0 Å². The Labute approximate surface area is 94.2 Å². The van der Waals surface area contributed by atoms with Crippen molar-refractivity contribution in [2.45, 2.75) is 24.0 Å². The molecule has 0 aliphatic carbocycles. The first-order valence-electron chi connectivity index (χ1n) is 4.67. The molecule has 1 aromatic rings. The van der Waals surface area contributed by atoms with Crippen molar-refractivity contribution in [2.24, 2.45) is 0 Å². The zero-order chi connectivity index (χ0) is 12.3. The van der Waals surface area contributed by atoms with Crippen LogP contribution in [0.15, 0.2) is 35.2 Å². The van der Waals surface area contributed by atoms with E-state index >= 15 is 0 Å². The fourth-order valence-electron chi connectivity index (χ4n) is 1.47. The van der Waals surface area contributed by atoms with E-state index in [1.165, 1.54) is 12.1 Å². The fraction of sp³-hybridized carbons (Fsp3) is 0.273. The molecule has 0 saturated heterocycles. The molecule has 86 valence electrons. The van der Waals surface area contributed by atoms with Crippen LogP contribution in [-0.4, -0.2) is 25.2 Å². The van der Waals surface area contributed by atoms with Gasteiger partial charge in [0.2, 0.25) is 0 Å². The number of sulfone groups is 1. The molecule has 0 fully saturated rings. The third-order valence-electron chi connectivity index (χ3n) is 2.12. The van der Waals surface area contributed by atoms with Gasteiger partial charge < -0.3 is 0 Å². The number of hydrogen-bond donors (Lipinski definition) is 0. The molecule has 0 unspecified atom stereocenters. The first kappa shape index (κ1) is 12.6. The molecule has 1 rings (SSSR count). The highest BCUT2D eigenvalue weighted by atomic mass is 32.2. The third kappa shape index (κ3) is 2.36. The number of ketones is 2. The van der Waals surface area contributed by atoms with E-state index in [1.807, 2.05) is 0 Å². The Balaban J connectivity index is 3.31. The molecule has 1 aromatic carbocycles. The van der Waals surface area contributed by atoms with Crippen LogP contribution in [0.2, 0.25) is 0 Å². The standard InChI is InChI=1S/C11H12O4S/c1-8(12)11(9(2)13)16(14,15)10-6-4-3-5-7-10/h3-7,11H,1-2H3. The van der Waals surface area contributed by atoms with Gasteiger partial charge in [-0.15, -0.1) is 0 Å². The van der Waals surface area contributed by atoms with Gasteiger partial charge in [-0.05, 0) is 26.0 Å². The van der Waals surface area contributed by atoms with Gasteiger partial charge in [0.15, 0.2) is 26.7 Å². The minimum atomic E-state index is -3.90. The van der Waals surface area contributed by atoms with Crippen LogP contribution in [-0.2, 0) is 19.4 Å². The first-order chi connectivity index (χ1) is 7.37. The molecule has 0 N–H and O–H groups in total. The lowest BCUT2D eigenvalue weighted by Crippen LogP contribution is -2.35. The molecule has 0 spiro atoms. The molecule has 0 bridgehead atoms. The summed E-state index contributed by atoms with van der Waals surface area (Å²) in [5.41, 5.74) is 0. The number of Topliss-reactive ketones (excluding diaryl/α,β-unsaturated/α-hetero) is 2. The van der Waals surface area contributed by atoms with Crippen LogP contribution in [0.4, 0.5) is 0 Å². The topological polar surface area (TPSA) is 68.3 Å². The highest BCUT2D eigenvalue weighted by Crippen LogP contribution is 2.17. The molecule has 4 nitrogen and oxygen atoms in total. The molecule has 5 heteroatoms. The Hall–Kier alpha value is -1.49. The lowest BCUT2D eigenvalue weighted by molar-refractivity contribution is -0.124. The van der Waals surface area contributed by atoms with Crippen LogP contribution < -0.4 is 0 Å². The van der Waals surface area contributed by atoms with Crippen LogP contribution in [0.3, 0.4) is 0 Å². The highest BCUT2D eigenvalue weighted by molar-refractivity contribution is 7.93. The van der Waals surface area contributed by atoms with Gasteiger partial charge in [-0.3, -0.25) is 9.59 Å². The Morgan fingerprint density at radius 2 is 1.44 bits per heavy atom. The average molecular weight is 240 g/mol. The molecule has 0 radical (unpaired) electrons. The van der Waals surface area contributed by atoms with Crippen LogP contribution in [0.25, 0.3) is 0 Å². The second kappa shape index (κ2) is 4.57. The minimum absolute atomic E-state index is 0.00889. The van der Waals surface area contributed by atoms with Crippen LogP contribution in [0, 0.1) is 0 Å². The summed E-state index contributed by atoms with van der Waals surface area (Å²) in [6.07, 6.45) is 0. The van der Waals surface area contributed by atoms with E-state index < -0.39 is 26.7 Å². The number of hydrogen-bond acceptors (Lipinski definition) is 4. The smallest absolute Gasteiger partial charge is 0.195 e. The monoisotopic (exact) mass is 240 g/mol. The second-order valence-electron chi connectivity index (χ2n) is 3.46. The van der Waals surface area contributed by atoms with E-state index in [-0.39, 0.29) is 4.90 Å². The van der Waals surface area contributed by atoms with Crippen molar-refractivity contribution in [1.82, 2.24) is 0 Å². The minimum Gasteiger partial charge on any atom is -0.298 e. The van der Waals surface area contributed by atoms with Crippen LogP contribution in [0.1, 0.15) is 13.8 Å². The summed E-state index contributed by atoms with van der Waals surface area (Å²) in [5, 5.41) is -1.59. The van der Waals surface area contributed by atoms with Crippen molar-refractivity contribution in [3.05, 3.63) is 30.3 Å². The van der Waals surface area contributed by atoms with Crippen molar-refractivity contribution >= 4 is 21.4 Å². The molecule has 0 aromatic heterocycles. The van der Waals surface area contributed by atoms with E-state index in [1.54, 1.807) is 18.2 Å². The quantitative estimate of drug-likeness (QED) is 0.736. The summed E-state index contributed by atoms with van der Waals surface area (Å²) in [4.78, 5) is 22.4. The summed E-state index contributed by atoms with van der Waals surface area (Å²) in [5.74, 6) is -1.31. The zero-order valence-corrected chi connectivity index (χ0v) is 9.82. The van der Waals surface area contributed by atoms with Gasteiger partial charge in [0.05, 0.1) is 4.90 Å². The largest absolute Gasteiger partial charge is 0.298 e. The Morgan fingerprint density at radius 1 is 1.00 bits per heavy atom. The number of carbonyl (C=O) groups excluding carboxylic acids is 2. The molecule has 0 atom stereocenters. The first-order valence-corrected chi connectivity index (χ1v) is 6.22. The van der Waals surface area contributed by atoms with Crippen LogP contribution in [0.5, 0.6) is 0 Å². The molecular formula is C11H12O4S. The summed E-state index contributed by atoms with van der Waals surface area (Å²) in [7, 11) is -3.90. The molecule has 0 aliphatic heterocycles. The predicted molar refractivity (Wildman–Crippen MR) is 58.8 cm³/mol. The van der Waals surface area contributed by atoms with E-state index in [9.17, 15) is 18.0 Å². The van der Waals surface area contributed by atoms with Crippen molar-refractivity contribution < 1.29 is 18.0 Å². The van der Waals surface area contributed by atoms with Crippen molar-refractivity contribution in [3.8, 4) is 0 Å². The normalized spacial score (nSPS) is 11.4. The van der Waals surface area contributed by atoms with Gasteiger partial charge in [-0.2, -0.15) is 0 Å². The SMILES string of the molecule is CC(=O)C(C(C)=O)S(=O)(=O)c1ccccc1. The van der Waals surface area contributed by atoms with Gasteiger partial charge in [0.25, 0.3) is 0 Å². The molecule has 0 heterocycles. The molecule has 0 aliphatic rings. The third-order valence-corrected chi connectivity index (χ3v) is 4.33. The maximum atomic E-state index is 12.0. The predicted octanol–water partition coefficient (Wildman–Crippen LogP) is 1.01. The number of rotatable bonds is 4. The summed E-state index contributed by atoms with van der Waals surface area (Å²) >= 11 is 0. The van der Waals surface area contributed by atoms with E-state index in [0.717, 1.165) is 13.8 Å². The molecule has 16 heavy (non-hydrogen) atoms. The number of benzene rings is 1. The van der Waals surface area contributed by atoms with E-state index in [4.69, 9.17) is 0 Å². The fourth-order valence-corrected chi connectivity index (χ4v) is 3.15. The summed E-state index contributed by atoms with van der Waals surface area (Å²) < 4.78 is 23.9. The number of carbonyl (C=O) groups is 2. The lowest BCUT2D eigenvalue weighted by Gasteiger charge is -2.11. The second-order valence-corrected chi connectivity index (χ2v) is 5.49. The maximum Gasteiger partial charge on any atom is 0.195 e. The van der Waals surface area contributed by atoms with Gasteiger partial charge >= 0.3 is 0 Å². The zero-order valence-electron chi connectivity index (χ0n) is 9.01. The summed E-state index contributed by atoms with van der Waals surface area (Å²) in [6.45, 7) is 2.21. The Kier molecular flexibility index (Phi) is 3.59. The van der Waals surface area contributed by atoms with Crippen molar-refractivity contribution in [3.63, 3.8) is 0 Å². The van der Waals surface area contributed by atoms with Gasteiger partial charge in [0.1, 0.15) is 0 Å². The summed E-state index contributed by atoms with van der Waals surface area (Å²) in [6, 6.07) is 7.49. The molecular weight excluding hydrogens is 228 g/mol. The highest BCUT2D eigenvalue weighted by Gasteiger charge is 2.35.